The molecule has 0 saturated carbocycles. The number of benzene rings is 3. The fourth-order valence-corrected chi connectivity index (χ4v) is 4.10. The first-order chi connectivity index (χ1) is 15.4. The fraction of sp³-hybridized carbons (Fsp3) is 0.125. The van der Waals surface area contributed by atoms with Crippen LogP contribution in [0, 0.1) is 11.6 Å². The van der Waals surface area contributed by atoms with Crippen LogP contribution in [0.15, 0.2) is 82.7 Å². The number of anilines is 1. The number of halogens is 2. The van der Waals surface area contributed by atoms with Gasteiger partial charge in [-0.05, 0) is 36.8 Å². The molecule has 4 rings (SSSR count). The van der Waals surface area contributed by atoms with Crippen molar-refractivity contribution in [3.05, 3.63) is 100 Å². The van der Waals surface area contributed by atoms with Crippen LogP contribution in [0.5, 0.6) is 0 Å². The van der Waals surface area contributed by atoms with Crippen molar-refractivity contribution in [3.8, 4) is 0 Å². The van der Waals surface area contributed by atoms with Gasteiger partial charge in [0.2, 0.25) is 5.91 Å². The van der Waals surface area contributed by atoms with E-state index in [0.29, 0.717) is 16.1 Å². The van der Waals surface area contributed by atoms with E-state index in [1.165, 1.54) is 10.6 Å². The largest absolute Gasteiger partial charge is 0.320 e. The highest BCUT2D eigenvalue weighted by Gasteiger charge is 2.22. The quantitative estimate of drug-likeness (QED) is 0.337. The Hall–Kier alpha value is -3.52. The van der Waals surface area contributed by atoms with Crippen LogP contribution in [0.25, 0.3) is 10.9 Å². The van der Waals surface area contributed by atoms with E-state index in [1.807, 2.05) is 30.3 Å². The highest BCUT2D eigenvalue weighted by atomic mass is 32.2. The second kappa shape index (κ2) is 9.32. The van der Waals surface area contributed by atoms with Gasteiger partial charge in [0.25, 0.3) is 5.56 Å². The van der Waals surface area contributed by atoms with Crippen LogP contribution in [-0.4, -0.2) is 20.7 Å². The van der Waals surface area contributed by atoms with Gasteiger partial charge in [-0.15, -0.1) is 0 Å². The van der Waals surface area contributed by atoms with Gasteiger partial charge >= 0.3 is 0 Å². The van der Waals surface area contributed by atoms with Gasteiger partial charge in [0.15, 0.2) is 5.16 Å². The van der Waals surface area contributed by atoms with Gasteiger partial charge in [-0.3, -0.25) is 14.2 Å². The molecule has 1 heterocycles. The summed E-state index contributed by atoms with van der Waals surface area (Å²) in [5.41, 5.74) is 0.684. The van der Waals surface area contributed by atoms with E-state index in [9.17, 15) is 18.4 Å². The van der Waals surface area contributed by atoms with Crippen LogP contribution >= 0.6 is 11.8 Å². The number of nitrogens with zero attached hydrogens (tertiary/aromatic N) is 2. The number of amides is 1. The molecule has 0 saturated heterocycles. The molecule has 0 radical (unpaired) electrons. The van der Waals surface area contributed by atoms with Crippen LogP contribution in [-0.2, 0) is 11.3 Å². The predicted molar refractivity (Wildman–Crippen MR) is 122 cm³/mol. The summed E-state index contributed by atoms with van der Waals surface area (Å²) in [6, 6.07) is 19.8. The van der Waals surface area contributed by atoms with Crippen LogP contribution in [0.2, 0.25) is 0 Å². The summed E-state index contributed by atoms with van der Waals surface area (Å²) in [6.45, 7) is 1.86. The third-order valence-electron chi connectivity index (χ3n) is 4.87. The molecule has 0 spiro atoms. The zero-order valence-corrected chi connectivity index (χ0v) is 17.9. The Kier molecular flexibility index (Phi) is 6.32. The lowest BCUT2D eigenvalue weighted by Crippen LogP contribution is -2.27. The molecule has 8 heteroatoms. The van der Waals surface area contributed by atoms with Gasteiger partial charge < -0.3 is 5.32 Å². The van der Waals surface area contributed by atoms with Crippen LogP contribution in [0.3, 0.4) is 0 Å². The maximum atomic E-state index is 13.9. The van der Waals surface area contributed by atoms with Gasteiger partial charge in [-0.25, -0.2) is 13.8 Å². The summed E-state index contributed by atoms with van der Waals surface area (Å²) in [6.07, 6.45) is 0. The molecule has 1 aromatic heterocycles. The van der Waals surface area contributed by atoms with Crippen molar-refractivity contribution < 1.29 is 13.6 Å². The minimum absolute atomic E-state index is 0.227. The molecular weight excluding hydrogens is 432 g/mol. The first kappa shape index (κ1) is 21.7. The number of carbonyl (C=O) groups excluding carboxylic acids is 1. The maximum Gasteiger partial charge on any atom is 0.262 e. The standard InChI is InChI=1S/C24H19F2N3O2S/c1-15(22(30)28-21-18(25)11-7-12-19(21)26)32-24-27-20-13-6-5-10-17(20)23(31)29(24)14-16-8-3-2-4-9-16/h2-13,15H,14H2,1H3,(H,28,30). The van der Waals surface area contributed by atoms with Crippen molar-refractivity contribution in [1.29, 1.82) is 0 Å². The zero-order valence-electron chi connectivity index (χ0n) is 17.1. The monoisotopic (exact) mass is 451 g/mol. The van der Waals surface area contributed by atoms with E-state index in [0.717, 1.165) is 29.5 Å². The molecular formula is C24H19F2N3O2S. The topological polar surface area (TPSA) is 64.0 Å². The smallest absolute Gasteiger partial charge is 0.262 e. The van der Waals surface area contributed by atoms with E-state index in [4.69, 9.17) is 0 Å². The molecule has 0 aliphatic heterocycles. The molecule has 4 aromatic rings. The molecule has 32 heavy (non-hydrogen) atoms. The predicted octanol–water partition coefficient (Wildman–Crippen LogP) is 4.84. The van der Waals surface area contributed by atoms with Gasteiger partial charge in [-0.2, -0.15) is 0 Å². The lowest BCUT2D eigenvalue weighted by Gasteiger charge is -2.17. The molecule has 1 amide bonds. The number of thioether (sulfide) groups is 1. The van der Waals surface area contributed by atoms with Crippen LogP contribution < -0.4 is 10.9 Å². The second-order valence-corrected chi connectivity index (χ2v) is 8.44. The Morgan fingerprint density at radius 3 is 2.38 bits per heavy atom. The Morgan fingerprint density at radius 1 is 1.00 bits per heavy atom. The van der Waals surface area contributed by atoms with E-state index in [1.54, 1.807) is 31.2 Å². The summed E-state index contributed by atoms with van der Waals surface area (Å²) in [4.78, 5) is 30.4. The van der Waals surface area contributed by atoms with Crippen molar-refractivity contribution in [2.75, 3.05) is 5.32 Å². The molecule has 0 fully saturated rings. The lowest BCUT2D eigenvalue weighted by atomic mass is 10.2. The van der Waals surface area contributed by atoms with Crippen molar-refractivity contribution in [3.63, 3.8) is 0 Å². The molecule has 0 bridgehead atoms. The molecule has 1 unspecified atom stereocenters. The van der Waals surface area contributed by atoms with Gasteiger partial charge in [0.05, 0.1) is 22.7 Å². The van der Waals surface area contributed by atoms with Gasteiger partial charge in [0.1, 0.15) is 17.3 Å². The Bertz CT molecular complexity index is 1320. The minimum atomic E-state index is -0.861. The van der Waals surface area contributed by atoms with E-state index in [2.05, 4.69) is 10.3 Å². The average molecular weight is 451 g/mol. The molecule has 5 nitrogen and oxygen atoms in total. The number of rotatable bonds is 6. The number of hydrogen-bond donors (Lipinski definition) is 1. The van der Waals surface area contributed by atoms with E-state index >= 15 is 0 Å². The highest BCUT2D eigenvalue weighted by Crippen LogP contribution is 2.25. The summed E-state index contributed by atoms with van der Waals surface area (Å²) < 4.78 is 29.3. The Balaban J connectivity index is 1.67. The van der Waals surface area contributed by atoms with Gasteiger partial charge in [0, 0.05) is 0 Å². The van der Waals surface area contributed by atoms with Crippen molar-refractivity contribution >= 4 is 34.3 Å². The number of aromatic nitrogens is 2. The van der Waals surface area contributed by atoms with E-state index < -0.39 is 28.5 Å². The summed E-state index contributed by atoms with van der Waals surface area (Å²) in [5, 5.41) is 2.33. The number of nitrogens with one attached hydrogen (secondary N) is 1. The molecule has 0 aliphatic carbocycles. The molecule has 162 valence electrons. The molecule has 3 aromatic carbocycles. The number of para-hydroxylation sites is 2. The molecule has 1 atom stereocenters. The summed E-state index contributed by atoms with van der Waals surface area (Å²) in [5.74, 6) is -2.33. The first-order valence-corrected chi connectivity index (χ1v) is 10.8. The number of fused-ring (bicyclic) bond motifs is 1. The number of hydrogen-bond acceptors (Lipinski definition) is 4. The van der Waals surface area contributed by atoms with Crippen molar-refractivity contribution in [2.24, 2.45) is 0 Å². The van der Waals surface area contributed by atoms with Crippen LogP contribution in [0.4, 0.5) is 14.5 Å². The Labute approximate surface area is 187 Å². The van der Waals surface area contributed by atoms with Gasteiger partial charge in [-0.1, -0.05) is 60.3 Å². The Morgan fingerprint density at radius 2 is 1.66 bits per heavy atom. The lowest BCUT2D eigenvalue weighted by molar-refractivity contribution is -0.115. The molecule has 1 N–H and O–H groups in total. The third-order valence-corrected chi connectivity index (χ3v) is 5.96. The average Bonchev–Trinajstić information content (AvgIpc) is 2.79. The zero-order chi connectivity index (χ0) is 22.7. The first-order valence-electron chi connectivity index (χ1n) is 9.89. The second-order valence-electron chi connectivity index (χ2n) is 7.13. The van der Waals surface area contributed by atoms with Crippen molar-refractivity contribution in [2.45, 2.75) is 23.9 Å². The summed E-state index contributed by atoms with van der Waals surface area (Å²) in [7, 11) is 0. The fourth-order valence-electron chi connectivity index (χ4n) is 3.20. The van der Waals surface area contributed by atoms with Crippen molar-refractivity contribution in [1.82, 2.24) is 9.55 Å². The highest BCUT2D eigenvalue weighted by molar-refractivity contribution is 8.00. The van der Waals surface area contributed by atoms with E-state index in [-0.39, 0.29) is 12.1 Å². The maximum absolute atomic E-state index is 13.9. The summed E-state index contributed by atoms with van der Waals surface area (Å²) >= 11 is 1.05. The minimum Gasteiger partial charge on any atom is -0.320 e. The normalized spacial score (nSPS) is 12.0. The molecule has 0 aliphatic rings. The van der Waals surface area contributed by atoms with Crippen LogP contribution in [0.1, 0.15) is 12.5 Å². The third kappa shape index (κ3) is 4.55. The number of carbonyl (C=O) groups is 1. The SMILES string of the molecule is CC(Sc1nc2ccccc2c(=O)n1Cc1ccccc1)C(=O)Nc1c(F)cccc1F.